The number of phosphoric acid groups is 1. The first-order chi connectivity index (χ1) is 28.3. The summed E-state index contributed by atoms with van der Waals surface area (Å²) >= 11 is 0. The van der Waals surface area contributed by atoms with Crippen molar-refractivity contribution in [2.75, 3.05) is 33.0 Å². The highest BCUT2D eigenvalue weighted by molar-refractivity contribution is 7.47. The number of unbranched alkanes of at least 4 members (excludes halogenated alkanes) is 8. The van der Waals surface area contributed by atoms with Crippen LogP contribution in [0.5, 0.6) is 0 Å². The molecule has 0 spiro atoms. The molecule has 0 aromatic rings. The van der Waals surface area contributed by atoms with E-state index in [1.807, 2.05) is 0 Å². The van der Waals surface area contributed by atoms with Gasteiger partial charge >= 0.3 is 13.8 Å². The molecule has 0 radical (unpaired) electrons. The first-order valence-corrected chi connectivity index (χ1v) is 23.4. The lowest BCUT2D eigenvalue weighted by Gasteiger charge is -2.20. The number of hydrogen-bond acceptors (Lipinski definition) is 8. The van der Waals surface area contributed by atoms with E-state index in [0.29, 0.717) is 13.0 Å². The predicted molar refractivity (Wildman–Crippen MR) is 241 cm³/mol. The van der Waals surface area contributed by atoms with Gasteiger partial charge in [0.15, 0.2) is 0 Å². The summed E-state index contributed by atoms with van der Waals surface area (Å²) in [6, 6.07) is 0. The SMILES string of the molecule is CC/C=C\C/C=C\C/C=C\C/C=C\C/C=C\C/C=C\C/C=C\CCCCOCC(COP(=O)(O)OCC(O)CO)OC(=O)CCCCCCC/C=C\C/C=C\CCC. The third-order valence-electron chi connectivity index (χ3n) is 8.42. The minimum absolute atomic E-state index is 0.00540. The normalized spacial score (nSPS) is 15.1. The van der Waals surface area contributed by atoms with E-state index in [1.165, 1.54) is 6.42 Å². The largest absolute Gasteiger partial charge is 0.472 e. The zero-order chi connectivity index (χ0) is 42.5. The lowest BCUT2D eigenvalue weighted by molar-refractivity contribution is -0.154. The zero-order valence-corrected chi connectivity index (χ0v) is 36.9. The molecule has 0 saturated heterocycles. The molecule has 0 heterocycles. The molecule has 0 aromatic heterocycles. The standard InChI is InChI=1S/C48H79O9P/c1-3-5-7-9-11-13-15-17-18-19-20-21-22-23-24-25-26-27-29-31-33-35-37-39-41-54-44-47(45-56-58(52,53)55-43-46(50)42-49)57-48(51)40-38-36-34-32-30-28-16-14-12-10-8-6-4-2/h5,7-8,10-11,13-14,16-18,20-21,23-24,26-27,31,33,46-47,49-50H,3-4,6,9,12,15,19,22,25,28-30,32,34-45H2,1-2H3,(H,52,53)/b7-5-,10-8-,13-11-,16-14-,18-17-,21-20-,24-23-,27-26-,33-31-. The fraction of sp³-hybridized carbons (Fsp3) is 0.604. The number of allylic oxidation sites excluding steroid dienone is 18. The average Bonchev–Trinajstić information content (AvgIpc) is 3.21. The second kappa shape index (κ2) is 43.7. The number of carbonyl (C=O) groups is 1. The van der Waals surface area contributed by atoms with E-state index in [4.69, 9.17) is 23.6 Å². The van der Waals surface area contributed by atoms with Crippen molar-refractivity contribution in [3.8, 4) is 0 Å². The molecule has 3 atom stereocenters. The number of aliphatic hydroxyl groups is 2. The van der Waals surface area contributed by atoms with Gasteiger partial charge in [0.05, 0.1) is 26.4 Å². The van der Waals surface area contributed by atoms with E-state index >= 15 is 0 Å². The van der Waals surface area contributed by atoms with Gasteiger partial charge in [-0.15, -0.1) is 0 Å². The summed E-state index contributed by atoms with van der Waals surface area (Å²) < 4.78 is 33.3. The van der Waals surface area contributed by atoms with Gasteiger partial charge in [-0.25, -0.2) is 4.57 Å². The number of hydrogen-bond donors (Lipinski definition) is 3. The summed E-state index contributed by atoms with van der Waals surface area (Å²) in [6.45, 7) is 3.16. The highest BCUT2D eigenvalue weighted by atomic mass is 31.2. The van der Waals surface area contributed by atoms with Gasteiger partial charge in [0.1, 0.15) is 12.2 Å². The summed E-state index contributed by atoms with van der Waals surface area (Å²) in [6.07, 6.45) is 56.3. The average molecular weight is 831 g/mol. The van der Waals surface area contributed by atoms with Gasteiger partial charge in [-0.2, -0.15) is 0 Å². The number of carbonyl (C=O) groups excluding carboxylic acids is 1. The van der Waals surface area contributed by atoms with Gasteiger partial charge in [-0.05, 0) is 96.3 Å². The van der Waals surface area contributed by atoms with Gasteiger partial charge in [0.25, 0.3) is 0 Å². The first-order valence-electron chi connectivity index (χ1n) is 21.9. The van der Waals surface area contributed by atoms with Crippen LogP contribution in [-0.4, -0.2) is 66.3 Å². The van der Waals surface area contributed by atoms with Crippen molar-refractivity contribution in [2.24, 2.45) is 0 Å². The molecule has 0 fully saturated rings. The van der Waals surface area contributed by atoms with Crippen molar-refractivity contribution in [2.45, 2.75) is 154 Å². The maximum Gasteiger partial charge on any atom is 0.472 e. The highest BCUT2D eigenvalue weighted by Gasteiger charge is 2.26. The molecule has 0 rings (SSSR count). The quantitative estimate of drug-likeness (QED) is 0.0239. The van der Waals surface area contributed by atoms with Crippen molar-refractivity contribution in [1.82, 2.24) is 0 Å². The van der Waals surface area contributed by atoms with Crippen LogP contribution in [0.3, 0.4) is 0 Å². The van der Waals surface area contributed by atoms with Gasteiger partial charge in [-0.3, -0.25) is 13.8 Å². The minimum atomic E-state index is -4.54. The van der Waals surface area contributed by atoms with Crippen LogP contribution in [0.4, 0.5) is 0 Å². The lowest BCUT2D eigenvalue weighted by Crippen LogP contribution is -2.29. The zero-order valence-electron chi connectivity index (χ0n) is 36.0. The summed E-state index contributed by atoms with van der Waals surface area (Å²) in [5.41, 5.74) is 0. The van der Waals surface area contributed by atoms with Gasteiger partial charge in [-0.1, -0.05) is 149 Å². The molecule has 330 valence electrons. The number of ether oxygens (including phenoxy) is 2. The Balaban J connectivity index is 4.28. The lowest BCUT2D eigenvalue weighted by atomic mass is 10.1. The Morgan fingerprint density at radius 2 is 0.983 bits per heavy atom. The summed E-state index contributed by atoms with van der Waals surface area (Å²) in [4.78, 5) is 22.5. The summed E-state index contributed by atoms with van der Waals surface area (Å²) in [5, 5.41) is 18.3. The molecule has 0 aliphatic heterocycles. The van der Waals surface area contributed by atoms with E-state index in [1.54, 1.807) is 0 Å². The predicted octanol–water partition coefficient (Wildman–Crippen LogP) is 12.2. The Morgan fingerprint density at radius 3 is 1.48 bits per heavy atom. The molecule has 0 aliphatic carbocycles. The molecule has 0 aromatic carbocycles. The molecular formula is C48H79O9P. The number of aliphatic hydroxyl groups excluding tert-OH is 2. The third kappa shape index (κ3) is 42.7. The Kier molecular flexibility index (Phi) is 41.5. The van der Waals surface area contributed by atoms with Crippen molar-refractivity contribution in [3.63, 3.8) is 0 Å². The molecule has 9 nitrogen and oxygen atoms in total. The summed E-state index contributed by atoms with van der Waals surface area (Å²) in [7, 11) is -4.54. The van der Waals surface area contributed by atoms with Gasteiger partial charge in [0, 0.05) is 13.0 Å². The smallest absolute Gasteiger partial charge is 0.457 e. The van der Waals surface area contributed by atoms with Gasteiger partial charge < -0.3 is 24.6 Å². The van der Waals surface area contributed by atoms with Gasteiger partial charge in [0.2, 0.25) is 0 Å². The molecule has 0 bridgehead atoms. The molecule has 10 heteroatoms. The van der Waals surface area contributed by atoms with Crippen LogP contribution in [0.2, 0.25) is 0 Å². The van der Waals surface area contributed by atoms with E-state index in [9.17, 15) is 19.4 Å². The van der Waals surface area contributed by atoms with E-state index in [0.717, 1.165) is 109 Å². The Morgan fingerprint density at radius 1 is 0.552 bits per heavy atom. The number of rotatable bonds is 40. The van der Waals surface area contributed by atoms with Crippen LogP contribution in [0, 0.1) is 0 Å². The summed E-state index contributed by atoms with van der Waals surface area (Å²) in [5.74, 6) is -0.419. The van der Waals surface area contributed by atoms with Crippen LogP contribution in [0.25, 0.3) is 0 Å². The second-order valence-corrected chi connectivity index (χ2v) is 15.4. The van der Waals surface area contributed by atoms with Crippen molar-refractivity contribution in [3.05, 3.63) is 109 Å². The molecule has 0 amide bonds. The second-order valence-electron chi connectivity index (χ2n) is 14.0. The maximum atomic E-state index is 12.6. The van der Waals surface area contributed by atoms with E-state index in [2.05, 4.69) is 123 Å². The van der Waals surface area contributed by atoms with Crippen molar-refractivity contribution < 1.29 is 43.0 Å². The molecule has 3 unspecified atom stereocenters. The highest BCUT2D eigenvalue weighted by Crippen LogP contribution is 2.43. The van der Waals surface area contributed by atoms with Crippen molar-refractivity contribution >= 4 is 13.8 Å². The first kappa shape index (κ1) is 55.1. The fourth-order valence-corrected chi connectivity index (χ4v) is 5.93. The van der Waals surface area contributed by atoms with Crippen LogP contribution in [0.15, 0.2) is 109 Å². The minimum Gasteiger partial charge on any atom is -0.457 e. The van der Waals surface area contributed by atoms with Crippen molar-refractivity contribution in [1.29, 1.82) is 0 Å². The molecule has 0 aliphatic rings. The molecule has 0 saturated carbocycles. The topological polar surface area (TPSA) is 132 Å². The fourth-order valence-electron chi connectivity index (χ4n) is 5.14. The Labute approximate surface area is 352 Å². The van der Waals surface area contributed by atoms with Crippen LogP contribution in [-0.2, 0) is 27.9 Å². The maximum absolute atomic E-state index is 12.6. The van der Waals surface area contributed by atoms with Crippen LogP contribution >= 0.6 is 7.82 Å². The molecular weight excluding hydrogens is 751 g/mol. The van der Waals surface area contributed by atoms with E-state index < -0.39 is 45.8 Å². The number of esters is 1. The van der Waals surface area contributed by atoms with E-state index in [-0.39, 0.29) is 13.0 Å². The van der Waals surface area contributed by atoms with Crippen LogP contribution < -0.4 is 0 Å². The van der Waals surface area contributed by atoms with Crippen LogP contribution in [0.1, 0.15) is 142 Å². The Bertz CT molecular complexity index is 1260. The third-order valence-corrected chi connectivity index (χ3v) is 9.37. The molecule has 58 heavy (non-hydrogen) atoms. The Hall–Kier alpha value is -2.88. The monoisotopic (exact) mass is 831 g/mol. The number of phosphoric ester groups is 1. The molecule has 3 N–H and O–H groups in total.